The third kappa shape index (κ3) is 2.26. The number of rotatable bonds is 2. The van der Waals surface area contributed by atoms with Gasteiger partial charge in [0.1, 0.15) is 5.75 Å². The summed E-state index contributed by atoms with van der Waals surface area (Å²) in [6.07, 6.45) is 0. The van der Waals surface area contributed by atoms with Gasteiger partial charge in [-0.1, -0.05) is 22.8 Å². The standard InChI is InChI=1S/C9H12BBrO2/c1-6-4-7(11)5-8(13-3)9(6)10(2)12/h4-5,12H,1-3H3. The van der Waals surface area contributed by atoms with Crippen LogP contribution in [-0.4, -0.2) is 19.0 Å². The maximum atomic E-state index is 9.51. The van der Waals surface area contributed by atoms with E-state index < -0.39 is 6.92 Å². The van der Waals surface area contributed by atoms with E-state index in [0.29, 0.717) is 0 Å². The van der Waals surface area contributed by atoms with Crippen molar-refractivity contribution in [3.63, 3.8) is 0 Å². The van der Waals surface area contributed by atoms with Gasteiger partial charge in [-0.3, -0.25) is 0 Å². The summed E-state index contributed by atoms with van der Waals surface area (Å²) >= 11 is 3.38. The smallest absolute Gasteiger partial charge is 0.324 e. The van der Waals surface area contributed by atoms with Gasteiger partial charge in [-0.2, -0.15) is 0 Å². The number of aryl methyl sites for hydroxylation is 1. The van der Waals surface area contributed by atoms with E-state index in [0.717, 1.165) is 21.2 Å². The van der Waals surface area contributed by atoms with Crippen molar-refractivity contribution in [1.29, 1.82) is 0 Å². The average Bonchev–Trinajstić information content (AvgIpc) is 2.01. The lowest BCUT2D eigenvalue weighted by Crippen LogP contribution is -2.30. The number of hydrogen-bond donors (Lipinski definition) is 1. The monoisotopic (exact) mass is 242 g/mol. The quantitative estimate of drug-likeness (QED) is 0.799. The zero-order valence-electron chi connectivity index (χ0n) is 7.97. The van der Waals surface area contributed by atoms with Gasteiger partial charge in [0.2, 0.25) is 0 Å². The maximum absolute atomic E-state index is 9.51. The van der Waals surface area contributed by atoms with Crippen LogP contribution in [0.4, 0.5) is 0 Å². The van der Waals surface area contributed by atoms with Gasteiger partial charge < -0.3 is 9.76 Å². The van der Waals surface area contributed by atoms with Gasteiger partial charge in [0, 0.05) is 4.47 Å². The summed E-state index contributed by atoms with van der Waals surface area (Å²) in [5, 5.41) is 9.51. The molecule has 0 aromatic heterocycles. The lowest BCUT2D eigenvalue weighted by molar-refractivity contribution is 0.416. The molecule has 1 aromatic carbocycles. The van der Waals surface area contributed by atoms with Gasteiger partial charge in [-0.05, 0) is 30.1 Å². The van der Waals surface area contributed by atoms with Crippen LogP contribution in [0.2, 0.25) is 6.82 Å². The van der Waals surface area contributed by atoms with Crippen molar-refractivity contribution >= 4 is 28.3 Å². The fraction of sp³-hybridized carbons (Fsp3) is 0.333. The third-order valence-corrected chi connectivity index (χ3v) is 2.41. The average molecular weight is 243 g/mol. The molecule has 0 amide bonds. The van der Waals surface area contributed by atoms with Gasteiger partial charge in [0.05, 0.1) is 7.11 Å². The first-order valence-corrected chi connectivity index (χ1v) is 4.87. The molecule has 0 radical (unpaired) electrons. The van der Waals surface area contributed by atoms with Gasteiger partial charge >= 0.3 is 6.92 Å². The molecular weight excluding hydrogens is 231 g/mol. The molecule has 0 atom stereocenters. The minimum atomic E-state index is -0.497. The topological polar surface area (TPSA) is 29.5 Å². The number of ether oxygens (including phenoxy) is 1. The van der Waals surface area contributed by atoms with Crippen LogP contribution in [0.1, 0.15) is 5.56 Å². The summed E-state index contributed by atoms with van der Waals surface area (Å²) in [6.45, 7) is 3.19. The van der Waals surface area contributed by atoms with E-state index >= 15 is 0 Å². The van der Waals surface area contributed by atoms with Gasteiger partial charge in [0.15, 0.2) is 0 Å². The van der Waals surface area contributed by atoms with Gasteiger partial charge in [-0.15, -0.1) is 0 Å². The molecule has 1 rings (SSSR count). The van der Waals surface area contributed by atoms with E-state index in [2.05, 4.69) is 15.9 Å². The molecule has 13 heavy (non-hydrogen) atoms. The third-order valence-electron chi connectivity index (χ3n) is 1.95. The Morgan fingerprint density at radius 2 is 2.08 bits per heavy atom. The number of benzene rings is 1. The molecule has 0 heterocycles. The Hall–Kier alpha value is -0.475. The van der Waals surface area contributed by atoms with Crippen molar-refractivity contribution in [2.24, 2.45) is 0 Å². The van der Waals surface area contributed by atoms with E-state index in [4.69, 9.17) is 4.74 Å². The fourth-order valence-electron chi connectivity index (χ4n) is 1.43. The summed E-state index contributed by atoms with van der Waals surface area (Å²) < 4.78 is 6.14. The van der Waals surface area contributed by atoms with Gasteiger partial charge in [-0.25, -0.2) is 0 Å². The van der Waals surface area contributed by atoms with Crippen LogP contribution >= 0.6 is 15.9 Å². The molecule has 70 valence electrons. The van der Waals surface area contributed by atoms with Crippen LogP contribution in [0.25, 0.3) is 0 Å². The Balaban J connectivity index is 3.30. The van der Waals surface area contributed by atoms with Gasteiger partial charge in [0.25, 0.3) is 0 Å². The Morgan fingerprint density at radius 1 is 1.46 bits per heavy atom. The Labute approximate surface area is 87.2 Å². The Morgan fingerprint density at radius 3 is 2.54 bits per heavy atom. The molecule has 4 heteroatoms. The largest absolute Gasteiger partial charge is 0.497 e. The van der Waals surface area contributed by atoms with Crippen LogP contribution in [0, 0.1) is 6.92 Å². The van der Waals surface area contributed by atoms with Crippen LogP contribution in [0.3, 0.4) is 0 Å². The van der Waals surface area contributed by atoms with E-state index in [1.807, 2.05) is 19.1 Å². The maximum Gasteiger partial charge on any atom is 0.324 e. The zero-order valence-corrected chi connectivity index (χ0v) is 9.55. The first-order valence-electron chi connectivity index (χ1n) is 4.08. The predicted octanol–water partition coefficient (Wildman–Crippen LogP) is 1.59. The highest BCUT2D eigenvalue weighted by molar-refractivity contribution is 9.10. The summed E-state index contributed by atoms with van der Waals surface area (Å²) in [5.74, 6) is 0.724. The van der Waals surface area contributed by atoms with E-state index in [9.17, 15) is 5.02 Å². The molecule has 0 aliphatic rings. The highest BCUT2D eigenvalue weighted by Gasteiger charge is 2.16. The van der Waals surface area contributed by atoms with E-state index in [-0.39, 0.29) is 0 Å². The van der Waals surface area contributed by atoms with Crippen molar-refractivity contribution in [2.75, 3.05) is 7.11 Å². The van der Waals surface area contributed by atoms with Crippen LogP contribution < -0.4 is 10.2 Å². The molecule has 2 nitrogen and oxygen atoms in total. The molecule has 0 spiro atoms. The number of methoxy groups -OCH3 is 1. The highest BCUT2D eigenvalue weighted by Crippen LogP contribution is 2.19. The molecule has 0 aliphatic carbocycles. The highest BCUT2D eigenvalue weighted by atomic mass is 79.9. The second-order valence-electron chi connectivity index (χ2n) is 3.01. The minimum absolute atomic E-state index is 0.497. The SMILES string of the molecule is COc1cc(Br)cc(C)c1B(C)O. The normalized spacial score (nSPS) is 9.92. The van der Waals surface area contributed by atoms with Crippen LogP contribution in [0.5, 0.6) is 5.75 Å². The molecule has 1 aromatic rings. The second-order valence-corrected chi connectivity index (χ2v) is 3.93. The lowest BCUT2D eigenvalue weighted by atomic mass is 9.62. The van der Waals surface area contributed by atoms with Crippen molar-refractivity contribution < 1.29 is 9.76 Å². The van der Waals surface area contributed by atoms with Crippen LogP contribution in [0.15, 0.2) is 16.6 Å². The number of hydrogen-bond acceptors (Lipinski definition) is 2. The molecule has 0 fully saturated rings. The summed E-state index contributed by atoms with van der Waals surface area (Å²) in [5.41, 5.74) is 1.88. The van der Waals surface area contributed by atoms with Crippen molar-refractivity contribution in [2.45, 2.75) is 13.7 Å². The molecule has 0 saturated carbocycles. The molecule has 0 unspecified atom stereocenters. The van der Waals surface area contributed by atoms with Crippen molar-refractivity contribution in [3.8, 4) is 5.75 Å². The molecular formula is C9H12BBrO2. The summed E-state index contributed by atoms with van der Waals surface area (Å²) in [4.78, 5) is 0. The zero-order chi connectivity index (χ0) is 10.0. The lowest BCUT2D eigenvalue weighted by Gasteiger charge is -2.12. The van der Waals surface area contributed by atoms with E-state index in [1.54, 1.807) is 13.9 Å². The predicted molar refractivity (Wildman–Crippen MR) is 58.9 cm³/mol. The van der Waals surface area contributed by atoms with E-state index in [1.165, 1.54) is 0 Å². The Bertz CT molecular complexity index is 313. The molecule has 0 aliphatic heterocycles. The van der Waals surface area contributed by atoms with Crippen molar-refractivity contribution in [1.82, 2.24) is 0 Å². The fourth-order valence-corrected chi connectivity index (χ4v) is 1.98. The second kappa shape index (κ2) is 4.16. The van der Waals surface area contributed by atoms with Crippen LogP contribution in [-0.2, 0) is 0 Å². The molecule has 1 N–H and O–H groups in total. The Kier molecular flexibility index (Phi) is 3.39. The van der Waals surface area contributed by atoms with Crippen molar-refractivity contribution in [3.05, 3.63) is 22.2 Å². The summed E-state index contributed by atoms with van der Waals surface area (Å²) in [7, 11) is 1.60. The minimum Gasteiger partial charge on any atom is -0.497 e. The number of halogens is 1. The summed E-state index contributed by atoms with van der Waals surface area (Å²) in [6, 6.07) is 3.82. The molecule has 0 saturated heterocycles. The first-order chi connectivity index (χ1) is 6.06. The molecule has 0 bridgehead atoms. The first kappa shape index (κ1) is 10.6.